The number of aryl methyl sites for hydroxylation is 1. The molecule has 0 bridgehead atoms. The lowest BCUT2D eigenvalue weighted by molar-refractivity contribution is 0.713. The normalized spacial score (nSPS) is 19.4. The summed E-state index contributed by atoms with van der Waals surface area (Å²) in [6.45, 7) is 4.00. The van der Waals surface area contributed by atoms with E-state index >= 15 is 0 Å². The Bertz CT molecular complexity index is 243. The Hall–Kier alpha value is -0.820. The van der Waals surface area contributed by atoms with Crippen LogP contribution in [-0.4, -0.2) is 0 Å². The molecule has 1 heteroatoms. The van der Waals surface area contributed by atoms with Gasteiger partial charge in [0, 0.05) is 6.04 Å². The van der Waals surface area contributed by atoms with E-state index in [0.29, 0.717) is 6.04 Å². The molecular formula is C11H17N. The second kappa shape index (κ2) is 4.27. The van der Waals surface area contributed by atoms with Gasteiger partial charge in [-0.05, 0) is 24.0 Å². The van der Waals surface area contributed by atoms with Crippen LogP contribution in [0.15, 0.2) is 24.3 Å². The highest BCUT2D eigenvalue weighted by molar-refractivity contribution is 5.33. The molecule has 1 nitrogen and oxygen atoms in total. The lowest BCUT2D eigenvalue weighted by Gasteiger charge is -2.01. The molecule has 1 aromatic carbocycles. The lowest BCUT2D eigenvalue weighted by Crippen LogP contribution is -2.04. The van der Waals surface area contributed by atoms with Crippen LogP contribution in [-0.2, 0) is 6.42 Å². The molecule has 0 aliphatic heterocycles. The quantitative estimate of drug-likeness (QED) is 0.625. The Labute approximate surface area is 74.6 Å². The summed E-state index contributed by atoms with van der Waals surface area (Å²) in [7, 11) is 0. The number of benzene rings is 1. The van der Waals surface area contributed by atoms with Crippen molar-refractivity contribution in [1.29, 1.82) is 0 Å². The fourth-order valence-electron chi connectivity index (χ4n) is 1.59. The predicted octanol–water partition coefficient (Wildman–Crippen LogP) is 2.66. The van der Waals surface area contributed by atoms with Crippen molar-refractivity contribution >= 4 is 0 Å². The number of rotatable bonds is 0. The highest BCUT2D eigenvalue weighted by Gasteiger charge is 2.16. The van der Waals surface area contributed by atoms with Gasteiger partial charge in [0.05, 0.1) is 0 Å². The van der Waals surface area contributed by atoms with Gasteiger partial charge in [0.1, 0.15) is 0 Å². The Morgan fingerprint density at radius 1 is 1.25 bits per heavy atom. The van der Waals surface area contributed by atoms with E-state index in [9.17, 15) is 0 Å². The zero-order valence-corrected chi connectivity index (χ0v) is 7.88. The number of hydrogen-bond donors (Lipinski definition) is 1. The zero-order chi connectivity index (χ0) is 8.97. The van der Waals surface area contributed by atoms with Gasteiger partial charge in [0.25, 0.3) is 0 Å². The van der Waals surface area contributed by atoms with Crippen LogP contribution in [0.1, 0.15) is 37.4 Å². The van der Waals surface area contributed by atoms with Gasteiger partial charge in [0.2, 0.25) is 0 Å². The minimum Gasteiger partial charge on any atom is -0.324 e. The summed E-state index contributed by atoms with van der Waals surface area (Å²) in [4.78, 5) is 0. The average molecular weight is 163 g/mol. The maximum absolute atomic E-state index is 5.85. The van der Waals surface area contributed by atoms with Crippen LogP contribution >= 0.6 is 0 Å². The fraction of sp³-hybridized carbons (Fsp3) is 0.455. The SMILES string of the molecule is CC.N[C@@H]1CCc2ccccc21. The Morgan fingerprint density at radius 3 is 2.58 bits per heavy atom. The number of nitrogens with two attached hydrogens (primary N) is 1. The second-order valence-corrected chi connectivity index (χ2v) is 2.84. The van der Waals surface area contributed by atoms with Gasteiger partial charge in [-0.3, -0.25) is 0 Å². The third-order valence-corrected chi connectivity index (χ3v) is 2.18. The summed E-state index contributed by atoms with van der Waals surface area (Å²) in [6.07, 6.45) is 2.29. The summed E-state index contributed by atoms with van der Waals surface area (Å²) in [5, 5.41) is 0. The first-order valence-electron chi connectivity index (χ1n) is 4.71. The highest BCUT2D eigenvalue weighted by atomic mass is 14.6. The smallest absolute Gasteiger partial charge is 0.0300 e. The van der Waals surface area contributed by atoms with Gasteiger partial charge in [-0.1, -0.05) is 38.1 Å². The summed E-state index contributed by atoms with van der Waals surface area (Å²) in [6, 6.07) is 8.74. The third kappa shape index (κ3) is 1.67. The first-order chi connectivity index (χ1) is 5.88. The van der Waals surface area contributed by atoms with Crippen LogP contribution in [0.25, 0.3) is 0 Å². The van der Waals surface area contributed by atoms with Crippen molar-refractivity contribution in [2.24, 2.45) is 5.73 Å². The fourth-order valence-corrected chi connectivity index (χ4v) is 1.59. The third-order valence-electron chi connectivity index (χ3n) is 2.18. The maximum atomic E-state index is 5.85. The summed E-state index contributed by atoms with van der Waals surface area (Å²) >= 11 is 0. The van der Waals surface area contributed by atoms with Crippen molar-refractivity contribution in [1.82, 2.24) is 0 Å². The van der Waals surface area contributed by atoms with Crippen molar-refractivity contribution in [2.45, 2.75) is 32.7 Å². The van der Waals surface area contributed by atoms with Crippen LogP contribution in [0.4, 0.5) is 0 Å². The van der Waals surface area contributed by atoms with E-state index in [1.807, 2.05) is 13.8 Å². The van der Waals surface area contributed by atoms with Gasteiger partial charge < -0.3 is 5.73 Å². The predicted molar refractivity (Wildman–Crippen MR) is 53.0 cm³/mol. The van der Waals surface area contributed by atoms with Crippen molar-refractivity contribution in [3.8, 4) is 0 Å². The molecule has 66 valence electrons. The molecule has 0 unspecified atom stereocenters. The van der Waals surface area contributed by atoms with E-state index in [1.54, 1.807) is 0 Å². The molecule has 1 aliphatic rings. The molecule has 0 spiro atoms. The molecule has 0 aromatic heterocycles. The highest BCUT2D eigenvalue weighted by Crippen LogP contribution is 2.28. The Morgan fingerprint density at radius 2 is 1.92 bits per heavy atom. The van der Waals surface area contributed by atoms with Crippen molar-refractivity contribution in [2.75, 3.05) is 0 Å². The first-order valence-corrected chi connectivity index (χ1v) is 4.71. The van der Waals surface area contributed by atoms with Crippen molar-refractivity contribution in [3.05, 3.63) is 35.4 Å². The van der Waals surface area contributed by atoms with E-state index in [1.165, 1.54) is 11.1 Å². The molecule has 1 atom stereocenters. The Balaban J connectivity index is 0.000000336. The van der Waals surface area contributed by atoms with E-state index < -0.39 is 0 Å². The van der Waals surface area contributed by atoms with Crippen LogP contribution in [0, 0.1) is 0 Å². The molecule has 2 rings (SSSR count). The van der Waals surface area contributed by atoms with Crippen LogP contribution in [0.2, 0.25) is 0 Å². The molecule has 0 radical (unpaired) electrons. The molecule has 0 saturated heterocycles. The molecular weight excluding hydrogens is 146 g/mol. The monoisotopic (exact) mass is 163 g/mol. The summed E-state index contributed by atoms with van der Waals surface area (Å²) < 4.78 is 0. The van der Waals surface area contributed by atoms with E-state index in [4.69, 9.17) is 5.73 Å². The van der Waals surface area contributed by atoms with Crippen LogP contribution in [0.5, 0.6) is 0 Å². The first kappa shape index (κ1) is 9.27. The number of fused-ring (bicyclic) bond motifs is 1. The minimum absolute atomic E-state index is 0.302. The minimum atomic E-state index is 0.302. The summed E-state index contributed by atoms with van der Waals surface area (Å²) in [5.41, 5.74) is 8.64. The largest absolute Gasteiger partial charge is 0.324 e. The summed E-state index contributed by atoms with van der Waals surface area (Å²) in [5.74, 6) is 0. The standard InChI is InChI=1S/C9H11N.C2H6/c10-9-6-5-7-3-1-2-4-8(7)9;1-2/h1-4,9H,5-6,10H2;1-2H3/t9-;/m1./s1. The molecule has 0 heterocycles. The van der Waals surface area contributed by atoms with Gasteiger partial charge >= 0.3 is 0 Å². The molecule has 12 heavy (non-hydrogen) atoms. The molecule has 2 N–H and O–H groups in total. The lowest BCUT2D eigenvalue weighted by atomic mass is 10.1. The Kier molecular flexibility index (Phi) is 3.30. The number of hydrogen-bond acceptors (Lipinski definition) is 1. The average Bonchev–Trinajstić information content (AvgIpc) is 2.53. The molecule has 1 aromatic rings. The van der Waals surface area contributed by atoms with Crippen molar-refractivity contribution < 1.29 is 0 Å². The zero-order valence-electron chi connectivity index (χ0n) is 7.88. The molecule has 0 fully saturated rings. The maximum Gasteiger partial charge on any atom is 0.0300 e. The van der Waals surface area contributed by atoms with Gasteiger partial charge in [-0.25, -0.2) is 0 Å². The van der Waals surface area contributed by atoms with Gasteiger partial charge in [-0.15, -0.1) is 0 Å². The van der Waals surface area contributed by atoms with Crippen molar-refractivity contribution in [3.63, 3.8) is 0 Å². The van der Waals surface area contributed by atoms with E-state index in [0.717, 1.165) is 12.8 Å². The van der Waals surface area contributed by atoms with Crippen LogP contribution < -0.4 is 5.73 Å². The van der Waals surface area contributed by atoms with Crippen LogP contribution in [0.3, 0.4) is 0 Å². The molecule has 1 aliphatic carbocycles. The molecule has 0 saturated carbocycles. The van der Waals surface area contributed by atoms with E-state index in [-0.39, 0.29) is 0 Å². The van der Waals surface area contributed by atoms with E-state index in [2.05, 4.69) is 24.3 Å². The van der Waals surface area contributed by atoms with Gasteiger partial charge in [0.15, 0.2) is 0 Å². The second-order valence-electron chi connectivity index (χ2n) is 2.84. The van der Waals surface area contributed by atoms with Gasteiger partial charge in [-0.2, -0.15) is 0 Å². The topological polar surface area (TPSA) is 26.0 Å². The molecule has 0 amide bonds.